The molecule has 2 nitrogen and oxygen atoms in total. The highest BCUT2D eigenvalue weighted by atomic mass is 16.5. The Morgan fingerprint density at radius 1 is 0.824 bits per heavy atom. The predicted octanol–water partition coefficient (Wildman–Crippen LogP) is 4.07. The first-order valence-corrected chi connectivity index (χ1v) is 5.65. The molecule has 0 fully saturated rings. The Bertz CT molecular complexity index is 446. The highest BCUT2D eigenvalue weighted by Gasteiger charge is 1.99. The van der Waals surface area contributed by atoms with Crippen molar-refractivity contribution < 1.29 is 9.47 Å². The molecule has 0 heterocycles. The molecule has 0 unspecified atom stereocenters. The third kappa shape index (κ3) is 3.52. The van der Waals surface area contributed by atoms with Gasteiger partial charge in [-0.3, -0.25) is 0 Å². The molecule has 0 atom stereocenters. The molecular weight excluding hydrogens is 212 g/mol. The van der Waals surface area contributed by atoms with E-state index < -0.39 is 0 Å². The van der Waals surface area contributed by atoms with E-state index in [1.165, 1.54) is 0 Å². The van der Waals surface area contributed by atoms with E-state index in [2.05, 4.69) is 6.07 Å². The number of rotatable bonds is 4. The molecule has 0 aliphatic carbocycles. The van der Waals surface area contributed by atoms with E-state index in [-0.39, 0.29) is 6.10 Å². The van der Waals surface area contributed by atoms with E-state index in [4.69, 9.17) is 9.47 Å². The van der Waals surface area contributed by atoms with Gasteiger partial charge < -0.3 is 9.47 Å². The molecule has 0 aliphatic heterocycles. The summed E-state index contributed by atoms with van der Waals surface area (Å²) in [5.74, 6) is 2.46. The zero-order valence-corrected chi connectivity index (χ0v) is 10.0. The fourth-order valence-corrected chi connectivity index (χ4v) is 1.43. The normalized spacial score (nSPS) is 10.3. The number of ether oxygens (including phenoxy) is 2. The van der Waals surface area contributed by atoms with Gasteiger partial charge in [-0.15, -0.1) is 0 Å². The first kappa shape index (κ1) is 11.5. The Hall–Kier alpha value is -1.96. The van der Waals surface area contributed by atoms with Crippen molar-refractivity contribution >= 4 is 0 Å². The minimum atomic E-state index is 0.187. The van der Waals surface area contributed by atoms with Crippen molar-refractivity contribution in [3.05, 3.63) is 54.6 Å². The zero-order chi connectivity index (χ0) is 12.1. The molecule has 0 amide bonds. The Labute approximate surface area is 102 Å². The van der Waals surface area contributed by atoms with Crippen LogP contribution < -0.4 is 9.47 Å². The molecule has 2 aromatic rings. The monoisotopic (exact) mass is 227 g/mol. The third-order valence-corrected chi connectivity index (χ3v) is 2.12. The van der Waals surface area contributed by atoms with Crippen molar-refractivity contribution in [2.24, 2.45) is 0 Å². The van der Waals surface area contributed by atoms with Crippen molar-refractivity contribution in [2.75, 3.05) is 0 Å². The summed E-state index contributed by atoms with van der Waals surface area (Å²) in [5, 5.41) is 0. The molecule has 17 heavy (non-hydrogen) atoms. The molecule has 2 heteroatoms. The first-order chi connectivity index (χ1) is 8.24. The summed E-state index contributed by atoms with van der Waals surface area (Å²) in [4.78, 5) is 0. The van der Waals surface area contributed by atoms with Gasteiger partial charge in [-0.05, 0) is 56.3 Å². The second kappa shape index (κ2) is 5.39. The minimum absolute atomic E-state index is 0.187. The van der Waals surface area contributed by atoms with Gasteiger partial charge in [0.1, 0.15) is 17.2 Å². The lowest BCUT2D eigenvalue weighted by atomic mass is 10.3. The van der Waals surface area contributed by atoms with E-state index in [1.54, 1.807) is 0 Å². The lowest BCUT2D eigenvalue weighted by Crippen LogP contribution is -2.05. The summed E-state index contributed by atoms with van der Waals surface area (Å²) in [6, 6.07) is 18.0. The second-order valence-corrected chi connectivity index (χ2v) is 3.98. The maximum absolute atomic E-state index is 5.66. The quantitative estimate of drug-likeness (QED) is 0.784. The molecule has 87 valence electrons. The van der Waals surface area contributed by atoms with Gasteiger partial charge >= 0.3 is 0 Å². The molecule has 0 aromatic heterocycles. The molecule has 2 aromatic carbocycles. The average molecular weight is 227 g/mol. The summed E-state index contributed by atoms with van der Waals surface area (Å²) < 4.78 is 11.2. The maximum Gasteiger partial charge on any atom is 0.127 e. The van der Waals surface area contributed by atoms with Crippen molar-refractivity contribution in [1.82, 2.24) is 0 Å². The van der Waals surface area contributed by atoms with Gasteiger partial charge in [0.05, 0.1) is 6.10 Å². The standard InChI is InChI=1S/C15H15O2/c1-12(2)16-14-8-10-15(11-9-14)17-13-6-4-3-5-7-13/h4-12H,1-2H3. The van der Waals surface area contributed by atoms with E-state index in [0.29, 0.717) is 0 Å². The Balaban J connectivity index is 2.03. The maximum atomic E-state index is 5.66. The van der Waals surface area contributed by atoms with Crippen LogP contribution in [0.1, 0.15) is 13.8 Å². The predicted molar refractivity (Wildman–Crippen MR) is 67.6 cm³/mol. The average Bonchev–Trinajstić information content (AvgIpc) is 2.32. The van der Waals surface area contributed by atoms with Gasteiger partial charge in [0.25, 0.3) is 0 Å². The molecule has 0 aliphatic rings. The van der Waals surface area contributed by atoms with Crippen molar-refractivity contribution in [3.63, 3.8) is 0 Å². The smallest absolute Gasteiger partial charge is 0.127 e. The third-order valence-electron chi connectivity index (χ3n) is 2.12. The molecular formula is C15H15O2. The van der Waals surface area contributed by atoms with Crippen LogP contribution in [0.5, 0.6) is 17.2 Å². The highest BCUT2D eigenvalue weighted by molar-refractivity contribution is 5.35. The Morgan fingerprint density at radius 3 is 1.94 bits per heavy atom. The van der Waals surface area contributed by atoms with Crippen LogP contribution in [-0.2, 0) is 0 Å². The number of hydrogen-bond acceptors (Lipinski definition) is 2. The van der Waals surface area contributed by atoms with E-state index in [0.717, 1.165) is 17.2 Å². The van der Waals surface area contributed by atoms with Crippen LogP contribution >= 0.6 is 0 Å². The number of benzene rings is 2. The molecule has 0 saturated heterocycles. The topological polar surface area (TPSA) is 18.5 Å². The van der Waals surface area contributed by atoms with Gasteiger partial charge in [0.2, 0.25) is 0 Å². The SMILES string of the molecule is CC(C)Oc1ccc(Oc2cc[c]cc2)cc1. The van der Waals surface area contributed by atoms with E-state index >= 15 is 0 Å². The summed E-state index contributed by atoms with van der Waals surface area (Å²) in [5.41, 5.74) is 0. The van der Waals surface area contributed by atoms with Gasteiger partial charge in [0, 0.05) is 0 Å². The van der Waals surface area contributed by atoms with Gasteiger partial charge in [-0.2, -0.15) is 0 Å². The fourth-order valence-electron chi connectivity index (χ4n) is 1.43. The van der Waals surface area contributed by atoms with Gasteiger partial charge in [-0.25, -0.2) is 0 Å². The van der Waals surface area contributed by atoms with Crippen LogP contribution in [0.15, 0.2) is 48.5 Å². The summed E-state index contributed by atoms with van der Waals surface area (Å²) in [6.07, 6.45) is 0.187. The van der Waals surface area contributed by atoms with Crippen LogP contribution in [-0.4, -0.2) is 6.10 Å². The largest absolute Gasteiger partial charge is 0.491 e. The van der Waals surface area contributed by atoms with E-state index in [1.807, 2.05) is 62.4 Å². The zero-order valence-electron chi connectivity index (χ0n) is 10.0. The van der Waals surface area contributed by atoms with E-state index in [9.17, 15) is 0 Å². The lowest BCUT2D eigenvalue weighted by molar-refractivity contribution is 0.242. The second-order valence-electron chi connectivity index (χ2n) is 3.98. The van der Waals surface area contributed by atoms with Crippen molar-refractivity contribution in [2.45, 2.75) is 20.0 Å². The van der Waals surface area contributed by atoms with Gasteiger partial charge in [-0.1, -0.05) is 12.1 Å². The highest BCUT2D eigenvalue weighted by Crippen LogP contribution is 2.23. The first-order valence-electron chi connectivity index (χ1n) is 5.65. The molecule has 2 rings (SSSR count). The fraction of sp³-hybridized carbons (Fsp3) is 0.200. The molecule has 0 spiro atoms. The lowest BCUT2D eigenvalue weighted by Gasteiger charge is -2.10. The van der Waals surface area contributed by atoms with Gasteiger partial charge in [0.15, 0.2) is 0 Å². The minimum Gasteiger partial charge on any atom is -0.491 e. The Kier molecular flexibility index (Phi) is 3.66. The Morgan fingerprint density at radius 2 is 1.35 bits per heavy atom. The van der Waals surface area contributed by atoms with Crippen LogP contribution in [0.4, 0.5) is 0 Å². The van der Waals surface area contributed by atoms with Crippen LogP contribution in [0, 0.1) is 6.07 Å². The van der Waals surface area contributed by atoms with Crippen LogP contribution in [0.25, 0.3) is 0 Å². The summed E-state index contributed by atoms with van der Waals surface area (Å²) >= 11 is 0. The molecule has 0 saturated carbocycles. The number of hydrogen-bond donors (Lipinski definition) is 0. The molecule has 0 N–H and O–H groups in total. The van der Waals surface area contributed by atoms with Crippen LogP contribution in [0.2, 0.25) is 0 Å². The molecule has 1 radical (unpaired) electrons. The summed E-state index contributed by atoms with van der Waals surface area (Å²) in [7, 11) is 0. The van der Waals surface area contributed by atoms with Crippen molar-refractivity contribution in [1.29, 1.82) is 0 Å². The van der Waals surface area contributed by atoms with Crippen molar-refractivity contribution in [3.8, 4) is 17.2 Å². The summed E-state index contributed by atoms with van der Waals surface area (Å²) in [6.45, 7) is 4.01. The van der Waals surface area contributed by atoms with Crippen LogP contribution in [0.3, 0.4) is 0 Å². The molecule has 0 bridgehead atoms.